The molecule has 0 atom stereocenters. The van der Waals surface area contributed by atoms with Crippen molar-refractivity contribution in [2.75, 3.05) is 38.3 Å². The number of morpholine rings is 1. The van der Waals surface area contributed by atoms with Gasteiger partial charge in [-0.25, -0.2) is 4.98 Å². The van der Waals surface area contributed by atoms with Crippen LogP contribution in [0.15, 0.2) is 41.2 Å². The Morgan fingerprint density at radius 3 is 2.64 bits per heavy atom. The number of hydrogen-bond donors (Lipinski definition) is 1. The molecule has 1 aliphatic rings. The molecule has 0 saturated carbocycles. The number of aromatic amines is 1. The number of H-pyrrole nitrogens is 1. The Labute approximate surface area is 162 Å². The molecular formula is C21H23N3O4. The molecule has 0 amide bonds. The maximum Gasteiger partial charge on any atom is 0.269 e. The van der Waals surface area contributed by atoms with E-state index in [4.69, 9.17) is 14.2 Å². The molecule has 146 valence electrons. The van der Waals surface area contributed by atoms with Crippen LogP contribution in [0.3, 0.4) is 0 Å². The summed E-state index contributed by atoms with van der Waals surface area (Å²) in [5.41, 5.74) is 3.56. The van der Waals surface area contributed by atoms with Crippen LogP contribution in [-0.2, 0) is 11.3 Å². The number of benzene rings is 2. The number of nitrogens with one attached hydrogen (secondary N) is 1. The van der Waals surface area contributed by atoms with Crippen LogP contribution in [0.5, 0.6) is 11.5 Å². The van der Waals surface area contributed by atoms with Gasteiger partial charge < -0.3 is 24.1 Å². The molecule has 0 aliphatic carbocycles. The lowest BCUT2D eigenvalue weighted by Gasteiger charge is -2.29. The lowest BCUT2D eigenvalue weighted by molar-refractivity contribution is 0.122. The highest BCUT2D eigenvalue weighted by molar-refractivity contribution is 5.85. The van der Waals surface area contributed by atoms with Crippen molar-refractivity contribution in [3.63, 3.8) is 0 Å². The summed E-state index contributed by atoms with van der Waals surface area (Å²) in [6.07, 6.45) is 0. The van der Waals surface area contributed by atoms with Crippen LogP contribution in [0, 0.1) is 6.92 Å². The van der Waals surface area contributed by atoms with Gasteiger partial charge in [-0.1, -0.05) is 12.1 Å². The number of methoxy groups -OCH3 is 1. The van der Waals surface area contributed by atoms with E-state index in [1.807, 2.05) is 36.4 Å². The maximum atomic E-state index is 12.1. The van der Waals surface area contributed by atoms with Gasteiger partial charge in [-0.05, 0) is 30.7 Å². The van der Waals surface area contributed by atoms with Crippen molar-refractivity contribution < 1.29 is 14.2 Å². The molecule has 3 aromatic rings. The van der Waals surface area contributed by atoms with Gasteiger partial charge in [-0.2, -0.15) is 0 Å². The fourth-order valence-corrected chi connectivity index (χ4v) is 3.23. The summed E-state index contributed by atoms with van der Waals surface area (Å²) in [6, 6.07) is 11.7. The first-order valence-electron chi connectivity index (χ1n) is 9.27. The molecule has 28 heavy (non-hydrogen) atoms. The number of fused-ring (bicyclic) bond motifs is 1. The van der Waals surface area contributed by atoms with Gasteiger partial charge >= 0.3 is 0 Å². The summed E-state index contributed by atoms with van der Waals surface area (Å²) in [5, 5.41) is 0. The van der Waals surface area contributed by atoms with Crippen LogP contribution >= 0.6 is 0 Å². The zero-order chi connectivity index (χ0) is 19.5. The molecule has 7 heteroatoms. The molecule has 7 nitrogen and oxygen atoms in total. The topological polar surface area (TPSA) is 76.7 Å². The molecule has 2 aromatic carbocycles. The Bertz CT molecular complexity index is 1020. The SMILES string of the molecule is COc1ccc(COc2cc(N3CCOCC3)cc3[nH]c(=O)c(C)nc23)cc1. The van der Waals surface area contributed by atoms with Gasteiger partial charge in [-0.3, -0.25) is 4.79 Å². The highest BCUT2D eigenvalue weighted by Crippen LogP contribution is 2.30. The molecule has 2 heterocycles. The fraction of sp³-hybridized carbons (Fsp3) is 0.333. The summed E-state index contributed by atoms with van der Waals surface area (Å²) in [4.78, 5) is 21.7. The van der Waals surface area contributed by atoms with Crippen LogP contribution in [0.4, 0.5) is 5.69 Å². The van der Waals surface area contributed by atoms with E-state index in [-0.39, 0.29) is 5.56 Å². The lowest BCUT2D eigenvalue weighted by Crippen LogP contribution is -2.36. The van der Waals surface area contributed by atoms with E-state index >= 15 is 0 Å². The average Bonchev–Trinajstić information content (AvgIpc) is 2.74. The van der Waals surface area contributed by atoms with Gasteiger partial charge in [0.15, 0.2) is 0 Å². The van der Waals surface area contributed by atoms with Gasteiger partial charge in [0.25, 0.3) is 5.56 Å². The van der Waals surface area contributed by atoms with Crippen LogP contribution in [0.25, 0.3) is 11.0 Å². The van der Waals surface area contributed by atoms with Crippen molar-refractivity contribution >= 4 is 16.7 Å². The predicted molar refractivity (Wildman–Crippen MR) is 107 cm³/mol. The molecule has 0 spiro atoms. The predicted octanol–water partition coefficient (Wildman–Crippen LogP) is 2.66. The van der Waals surface area contributed by atoms with E-state index in [0.717, 1.165) is 30.1 Å². The Hall–Kier alpha value is -3.06. The largest absolute Gasteiger partial charge is 0.497 e. The summed E-state index contributed by atoms with van der Waals surface area (Å²) in [6.45, 7) is 5.05. The average molecular weight is 381 g/mol. The molecule has 0 radical (unpaired) electrons. The second-order valence-corrected chi connectivity index (χ2v) is 6.73. The Morgan fingerprint density at radius 2 is 1.93 bits per heavy atom. The second kappa shape index (κ2) is 7.90. The van der Waals surface area contributed by atoms with E-state index in [2.05, 4.69) is 14.9 Å². The number of rotatable bonds is 5. The van der Waals surface area contributed by atoms with Crippen LogP contribution in [-0.4, -0.2) is 43.4 Å². The molecule has 0 bridgehead atoms. The number of hydrogen-bond acceptors (Lipinski definition) is 6. The lowest BCUT2D eigenvalue weighted by atomic mass is 10.2. The number of nitrogens with zero attached hydrogens (tertiary/aromatic N) is 2. The smallest absolute Gasteiger partial charge is 0.269 e. The van der Waals surface area contributed by atoms with Crippen molar-refractivity contribution in [3.05, 3.63) is 58.0 Å². The highest BCUT2D eigenvalue weighted by Gasteiger charge is 2.16. The molecule has 1 saturated heterocycles. The third-order valence-electron chi connectivity index (χ3n) is 4.85. The molecule has 0 unspecified atom stereocenters. The zero-order valence-corrected chi connectivity index (χ0v) is 16.0. The Kier molecular flexibility index (Phi) is 5.16. The summed E-state index contributed by atoms with van der Waals surface area (Å²) in [7, 11) is 1.64. The zero-order valence-electron chi connectivity index (χ0n) is 16.0. The van der Waals surface area contributed by atoms with Crippen LogP contribution < -0.4 is 19.9 Å². The van der Waals surface area contributed by atoms with Gasteiger partial charge in [0, 0.05) is 24.8 Å². The fourth-order valence-electron chi connectivity index (χ4n) is 3.23. The first kappa shape index (κ1) is 18.3. The highest BCUT2D eigenvalue weighted by atomic mass is 16.5. The first-order valence-corrected chi connectivity index (χ1v) is 9.27. The molecule has 1 N–H and O–H groups in total. The van der Waals surface area contributed by atoms with E-state index in [1.54, 1.807) is 14.0 Å². The minimum atomic E-state index is -0.187. The van der Waals surface area contributed by atoms with Gasteiger partial charge in [-0.15, -0.1) is 0 Å². The Morgan fingerprint density at radius 1 is 1.18 bits per heavy atom. The molecular weight excluding hydrogens is 358 g/mol. The summed E-state index contributed by atoms with van der Waals surface area (Å²) in [5.74, 6) is 1.45. The maximum absolute atomic E-state index is 12.1. The molecule has 1 fully saturated rings. The quantitative estimate of drug-likeness (QED) is 0.732. The third kappa shape index (κ3) is 3.80. The number of aryl methyl sites for hydroxylation is 1. The normalized spacial score (nSPS) is 14.3. The second-order valence-electron chi connectivity index (χ2n) is 6.73. The Balaban J connectivity index is 1.69. The van der Waals surface area contributed by atoms with E-state index in [0.29, 0.717) is 42.3 Å². The van der Waals surface area contributed by atoms with Gasteiger partial charge in [0.05, 0.1) is 25.8 Å². The minimum absolute atomic E-state index is 0.187. The van der Waals surface area contributed by atoms with Crippen molar-refractivity contribution in [1.29, 1.82) is 0 Å². The van der Waals surface area contributed by atoms with Crippen molar-refractivity contribution in [1.82, 2.24) is 9.97 Å². The van der Waals surface area contributed by atoms with Crippen molar-refractivity contribution in [2.45, 2.75) is 13.5 Å². The van der Waals surface area contributed by atoms with Crippen molar-refractivity contribution in [3.8, 4) is 11.5 Å². The number of anilines is 1. The molecule has 4 rings (SSSR count). The van der Waals surface area contributed by atoms with Crippen LogP contribution in [0.2, 0.25) is 0 Å². The van der Waals surface area contributed by atoms with E-state index in [1.165, 1.54) is 0 Å². The number of aromatic nitrogens is 2. The van der Waals surface area contributed by atoms with E-state index in [9.17, 15) is 4.79 Å². The summed E-state index contributed by atoms with van der Waals surface area (Å²) < 4.78 is 16.8. The molecule has 1 aromatic heterocycles. The van der Waals surface area contributed by atoms with Gasteiger partial charge in [0.1, 0.15) is 29.3 Å². The summed E-state index contributed by atoms with van der Waals surface area (Å²) >= 11 is 0. The number of ether oxygens (including phenoxy) is 3. The first-order chi connectivity index (χ1) is 13.6. The standard InChI is InChI=1S/C21H23N3O4/c1-14-21(25)23-18-11-16(24-7-9-27-10-8-24)12-19(20(18)22-14)28-13-15-3-5-17(26-2)6-4-15/h3-6,11-12H,7-10,13H2,1-2H3,(H,23,25). The van der Waals surface area contributed by atoms with E-state index < -0.39 is 0 Å². The monoisotopic (exact) mass is 381 g/mol. The minimum Gasteiger partial charge on any atom is -0.497 e. The third-order valence-corrected chi connectivity index (χ3v) is 4.85. The molecule has 1 aliphatic heterocycles. The van der Waals surface area contributed by atoms with Crippen LogP contribution in [0.1, 0.15) is 11.3 Å². The van der Waals surface area contributed by atoms with Gasteiger partial charge in [0.2, 0.25) is 0 Å². The van der Waals surface area contributed by atoms with Crippen molar-refractivity contribution in [2.24, 2.45) is 0 Å².